The molecule has 0 spiro atoms. The molecule has 4 rings (SSSR count). The number of hydrogen-bond donors (Lipinski definition) is 0. The number of halogens is 1. The monoisotopic (exact) mass is 400 g/mol. The maximum Gasteiger partial charge on any atom is 0.226 e. The molecule has 2 aliphatic rings. The van der Waals surface area contributed by atoms with E-state index in [-0.39, 0.29) is 11.8 Å². The number of aryl methyl sites for hydroxylation is 1. The van der Waals surface area contributed by atoms with Gasteiger partial charge in [-0.2, -0.15) is 5.10 Å². The predicted octanol–water partition coefficient (Wildman–Crippen LogP) is 3.69. The fraction of sp³-hybridized carbons (Fsp3) is 0.545. The van der Waals surface area contributed by atoms with Crippen LogP contribution in [0.25, 0.3) is 0 Å². The third kappa shape index (κ3) is 4.11. The number of likely N-dealkylation sites (tertiary alicyclic amines) is 1. The smallest absolute Gasteiger partial charge is 0.226 e. The van der Waals surface area contributed by atoms with Crippen molar-refractivity contribution in [3.05, 3.63) is 52.8 Å². The first kappa shape index (κ1) is 19.5. The molecule has 1 aliphatic heterocycles. The third-order valence-corrected chi connectivity index (χ3v) is 6.49. The summed E-state index contributed by atoms with van der Waals surface area (Å²) < 4.78 is 1.72. The molecule has 150 valence electrons. The molecule has 2 heterocycles. The Morgan fingerprint density at radius 1 is 1.32 bits per heavy atom. The normalized spacial score (nSPS) is 24.5. The van der Waals surface area contributed by atoms with E-state index in [4.69, 9.17) is 11.6 Å². The van der Waals surface area contributed by atoms with E-state index in [1.54, 1.807) is 10.9 Å². The zero-order valence-electron chi connectivity index (χ0n) is 16.7. The second-order valence-corrected chi connectivity index (χ2v) is 8.51. The lowest BCUT2D eigenvalue weighted by Crippen LogP contribution is -2.43. The maximum absolute atomic E-state index is 13.4. The topological polar surface area (TPSA) is 41.4 Å². The number of benzene rings is 1. The number of rotatable bonds is 7. The summed E-state index contributed by atoms with van der Waals surface area (Å²) in [4.78, 5) is 17.9. The molecule has 1 aromatic heterocycles. The Morgan fingerprint density at radius 3 is 2.79 bits per heavy atom. The zero-order chi connectivity index (χ0) is 19.7. The summed E-state index contributed by atoms with van der Waals surface area (Å²) >= 11 is 6.35. The SMILES string of the molecule is CCN1CCC[C@@H]1CN(Cc1nn(C)cc1Cl)C(=O)[C@@H]1C[C@H]1c1ccccc1. The minimum atomic E-state index is 0.0846. The van der Waals surface area contributed by atoms with Crippen molar-refractivity contribution in [2.24, 2.45) is 13.0 Å². The lowest BCUT2D eigenvalue weighted by Gasteiger charge is -2.30. The molecule has 6 heteroatoms. The second kappa shape index (κ2) is 8.26. The number of carbonyl (C=O) groups is 1. The van der Waals surface area contributed by atoms with E-state index in [1.807, 2.05) is 18.0 Å². The highest BCUT2D eigenvalue weighted by atomic mass is 35.5. The molecule has 1 saturated heterocycles. The number of nitrogens with zero attached hydrogens (tertiary/aromatic N) is 4. The number of likely N-dealkylation sites (N-methyl/N-ethyl adjacent to an activating group) is 1. The van der Waals surface area contributed by atoms with E-state index in [2.05, 4.69) is 41.2 Å². The van der Waals surface area contributed by atoms with Crippen LogP contribution in [0.1, 0.15) is 43.4 Å². The van der Waals surface area contributed by atoms with E-state index < -0.39 is 0 Å². The van der Waals surface area contributed by atoms with Crippen molar-refractivity contribution in [2.75, 3.05) is 19.6 Å². The van der Waals surface area contributed by atoms with Crippen molar-refractivity contribution in [1.82, 2.24) is 19.6 Å². The average molecular weight is 401 g/mol. The van der Waals surface area contributed by atoms with E-state index in [0.29, 0.717) is 23.5 Å². The molecule has 3 atom stereocenters. The molecule has 0 N–H and O–H groups in total. The first-order chi connectivity index (χ1) is 13.6. The molecule has 1 amide bonds. The second-order valence-electron chi connectivity index (χ2n) is 8.10. The van der Waals surface area contributed by atoms with E-state index in [1.165, 1.54) is 12.0 Å². The zero-order valence-corrected chi connectivity index (χ0v) is 17.5. The van der Waals surface area contributed by atoms with Gasteiger partial charge in [0.15, 0.2) is 0 Å². The Morgan fingerprint density at radius 2 is 2.11 bits per heavy atom. The van der Waals surface area contributed by atoms with Gasteiger partial charge in [-0.15, -0.1) is 0 Å². The summed E-state index contributed by atoms with van der Waals surface area (Å²) in [5.74, 6) is 0.682. The molecule has 1 aromatic carbocycles. The van der Waals surface area contributed by atoms with Gasteiger partial charge in [-0.05, 0) is 43.8 Å². The number of aromatic nitrogens is 2. The summed E-state index contributed by atoms with van der Waals surface area (Å²) in [6.07, 6.45) is 5.11. The van der Waals surface area contributed by atoms with Crippen LogP contribution in [-0.2, 0) is 18.4 Å². The molecule has 1 saturated carbocycles. The molecule has 1 aliphatic carbocycles. The highest BCUT2D eigenvalue weighted by molar-refractivity contribution is 6.31. The first-order valence-electron chi connectivity index (χ1n) is 10.3. The summed E-state index contributed by atoms with van der Waals surface area (Å²) in [5, 5.41) is 5.11. The molecular weight excluding hydrogens is 372 g/mol. The van der Waals surface area contributed by atoms with Gasteiger partial charge in [0, 0.05) is 31.7 Å². The maximum atomic E-state index is 13.4. The molecule has 2 aromatic rings. The summed E-state index contributed by atoms with van der Waals surface area (Å²) in [7, 11) is 1.86. The third-order valence-electron chi connectivity index (χ3n) is 6.18. The fourth-order valence-corrected chi connectivity index (χ4v) is 4.81. The first-order valence-corrected chi connectivity index (χ1v) is 10.7. The molecular formula is C22H29ClN4O. The van der Waals surface area contributed by atoms with Gasteiger partial charge in [0.1, 0.15) is 5.69 Å². The fourth-order valence-electron chi connectivity index (χ4n) is 4.57. The molecule has 0 bridgehead atoms. The highest BCUT2D eigenvalue weighted by Crippen LogP contribution is 2.48. The average Bonchev–Trinajstić information content (AvgIpc) is 3.27. The van der Waals surface area contributed by atoms with Crippen LogP contribution in [0, 0.1) is 5.92 Å². The van der Waals surface area contributed by atoms with Crippen molar-refractivity contribution >= 4 is 17.5 Å². The number of hydrogen-bond acceptors (Lipinski definition) is 3. The van der Waals surface area contributed by atoms with Gasteiger partial charge in [-0.25, -0.2) is 0 Å². The van der Waals surface area contributed by atoms with Crippen molar-refractivity contribution in [2.45, 2.75) is 44.7 Å². The Hall–Kier alpha value is -1.85. The quantitative estimate of drug-likeness (QED) is 0.711. The minimum Gasteiger partial charge on any atom is -0.335 e. The number of amides is 1. The standard InChI is InChI=1S/C22H29ClN4O/c1-3-26-11-7-10-17(26)13-27(15-21-20(23)14-25(2)24-21)22(28)19-12-18(19)16-8-5-4-6-9-16/h4-6,8-9,14,17-19H,3,7,10-13,15H2,1-2H3/t17-,18+,19-/m1/s1. The Labute approximate surface area is 172 Å². The van der Waals surface area contributed by atoms with Crippen LogP contribution >= 0.6 is 11.6 Å². The van der Waals surface area contributed by atoms with E-state index in [9.17, 15) is 4.79 Å². The Kier molecular flexibility index (Phi) is 5.74. The van der Waals surface area contributed by atoms with Gasteiger partial charge >= 0.3 is 0 Å². The summed E-state index contributed by atoms with van der Waals surface area (Å²) in [5.41, 5.74) is 2.06. The summed E-state index contributed by atoms with van der Waals surface area (Å²) in [6.45, 7) is 5.62. The molecule has 5 nitrogen and oxygen atoms in total. The van der Waals surface area contributed by atoms with Crippen molar-refractivity contribution in [3.8, 4) is 0 Å². The van der Waals surface area contributed by atoms with Crippen molar-refractivity contribution in [1.29, 1.82) is 0 Å². The largest absolute Gasteiger partial charge is 0.335 e. The van der Waals surface area contributed by atoms with Gasteiger partial charge < -0.3 is 4.90 Å². The number of carbonyl (C=O) groups excluding carboxylic acids is 1. The van der Waals surface area contributed by atoms with Gasteiger partial charge in [-0.3, -0.25) is 14.4 Å². The van der Waals surface area contributed by atoms with E-state index in [0.717, 1.165) is 38.2 Å². The van der Waals surface area contributed by atoms with Gasteiger partial charge in [0.05, 0.1) is 11.6 Å². The molecule has 0 radical (unpaired) electrons. The Balaban J connectivity index is 1.50. The summed E-state index contributed by atoms with van der Waals surface area (Å²) in [6, 6.07) is 10.8. The van der Waals surface area contributed by atoms with Crippen LogP contribution in [0.4, 0.5) is 0 Å². The van der Waals surface area contributed by atoms with Gasteiger partial charge in [-0.1, -0.05) is 48.9 Å². The van der Waals surface area contributed by atoms with E-state index >= 15 is 0 Å². The molecule has 28 heavy (non-hydrogen) atoms. The van der Waals surface area contributed by atoms with Gasteiger partial charge in [0.2, 0.25) is 5.91 Å². The van der Waals surface area contributed by atoms with Crippen LogP contribution < -0.4 is 0 Å². The van der Waals surface area contributed by atoms with Gasteiger partial charge in [0.25, 0.3) is 0 Å². The minimum absolute atomic E-state index is 0.0846. The highest BCUT2D eigenvalue weighted by Gasteiger charge is 2.46. The van der Waals surface area contributed by atoms with Crippen LogP contribution in [0.15, 0.2) is 36.5 Å². The molecule has 2 fully saturated rings. The van der Waals surface area contributed by atoms with Crippen molar-refractivity contribution < 1.29 is 4.79 Å². The van der Waals surface area contributed by atoms with Crippen LogP contribution in [-0.4, -0.2) is 51.2 Å². The van der Waals surface area contributed by atoms with Crippen LogP contribution in [0.3, 0.4) is 0 Å². The van der Waals surface area contributed by atoms with Crippen molar-refractivity contribution in [3.63, 3.8) is 0 Å². The molecule has 0 unspecified atom stereocenters. The van der Waals surface area contributed by atoms with Crippen LogP contribution in [0.2, 0.25) is 5.02 Å². The van der Waals surface area contributed by atoms with Crippen LogP contribution in [0.5, 0.6) is 0 Å². The lowest BCUT2D eigenvalue weighted by atomic mass is 10.1. The predicted molar refractivity (Wildman–Crippen MR) is 111 cm³/mol. The lowest BCUT2D eigenvalue weighted by molar-refractivity contribution is -0.134. The Bertz CT molecular complexity index is 821.